The van der Waals surface area contributed by atoms with Crippen LogP contribution in [0.3, 0.4) is 0 Å². The number of rotatable bonds is 4. The van der Waals surface area contributed by atoms with Gasteiger partial charge in [-0.2, -0.15) is 0 Å². The van der Waals surface area contributed by atoms with E-state index in [1.54, 1.807) is 0 Å². The molecule has 0 amide bonds. The highest BCUT2D eigenvalue weighted by molar-refractivity contribution is 6.30. The summed E-state index contributed by atoms with van der Waals surface area (Å²) in [4.78, 5) is 15.3. The number of hydrogen-bond acceptors (Lipinski definition) is 1. The van der Waals surface area contributed by atoms with Gasteiger partial charge in [0.25, 0.3) is 0 Å². The monoisotopic (exact) mass is 450 g/mol. The largest absolute Gasteiger partial charge is 0.297 e. The Labute approximate surface area is 206 Å². The quantitative estimate of drug-likeness (QED) is 0.299. The molecule has 0 N–H and O–H groups in total. The standard InChI is InChI=1S/C34H26O/c35-32-33(26-18-9-3-10-19-26)28-22-13-23-29(28)34(32,27-20-11-4-12-21-27)31(25-16-7-2-8-17-25)30(33)24-14-5-1-6-15-24/h1-22,28-29H,23H2/t28-,29+,33+,34+/m1/s1. The molecule has 0 saturated heterocycles. The molecule has 0 radical (unpaired) electrons. The first-order valence-corrected chi connectivity index (χ1v) is 12.5. The predicted molar refractivity (Wildman–Crippen MR) is 142 cm³/mol. The summed E-state index contributed by atoms with van der Waals surface area (Å²) in [6.45, 7) is 0. The van der Waals surface area contributed by atoms with Gasteiger partial charge in [0.1, 0.15) is 0 Å². The van der Waals surface area contributed by atoms with Gasteiger partial charge in [-0.1, -0.05) is 133 Å². The number of carbonyl (C=O) groups is 1. The molecule has 0 aromatic heterocycles. The predicted octanol–water partition coefficient (Wildman–Crippen LogP) is 7.26. The second-order valence-electron chi connectivity index (χ2n) is 9.96. The van der Waals surface area contributed by atoms with E-state index in [0.29, 0.717) is 5.78 Å². The lowest BCUT2D eigenvalue weighted by atomic mass is 9.59. The van der Waals surface area contributed by atoms with Crippen LogP contribution in [0.1, 0.15) is 28.7 Å². The molecular weight excluding hydrogens is 424 g/mol. The molecule has 0 aliphatic heterocycles. The average Bonchev–Trinajstić information content (AvgIpc) is 3.57. The molecule has 3 aliphatic rings. The molecule has 35 heavy (non-hydrogen) atoms. The first-order valence-electron chi connectivity index (χ1n) is 12.5. The number of carbonyl (C=O) groups excluding carboxylic acids is 1. The second kappa shape index (κ2) is 7.52. The number of hydrogen-bond donors (Lipinski definition) is 0. The van der Waals surface area contributed by atoms with Gasteiger partial charge in [0, 0.05) is 5.92 Å². The van der Waals surface area contributed by atoms with Crippen molar-refractivity contribution in [2.24, 2.45) is 11.8 Å². The second-order valence-corrected chi connectivity index (χ2v) is 9.96. The Hall–Kier alpha value is -3.97. The molecule has 168 valence electrons. The molecule has 3 aliphatic carbocycles. The molecule has 0 spiro atoms. The van der Waals surface area contributed by atoms with Crippen LogP contribution in [0.2, 0.25) is 0 Å². The van der Waals surface area contributed by atoms with Crippen molar-refractivity contribution in [1.29, 1.82) is 0 Å². The molecular formula is C34H26O. The summed E-state index contributed by atoms with van der Waals surface area (Å²) in [6.07, 6.45) is 5.57. The zero-order valence-electron chi connectivity index (χ0n) is 19.5. The van der Waals surface area contributed by atoms with Crippen molar-refractivity contribution >= 4 is 16.9 Å². The minimum atomic E-state index is -0.721. The lowest BCUT2D eigenvalue weighted by molar-refractivity contribution is -0.123. The fourth-order valence-electron chi connectivity index (χ4n) is 7.46. The van der Waals surface area contributed by atoms with Gasteiger partial charge < -0.3 is 0 Å². The molecule has 0 unspecified atom stereocenters. The third-order valence-corrected chi connectivity index (χ3v) is 8.56. The lowest BCUT2D eigenvalue weighted by Gasteiger charge is -2.41. The summed E-state index contributed by atoms with van der Waals surface area (Å²) < 4.78 is 0. The van der Waals surface area contributed by atoms with Crippen LogP contribution in [0.4, 0.5) is 0 Å². The third kappa shape index (κ3) is 2.46. The van der Waals surface area contributed by atoms with Crippen molar-refractivity contribution in [3.8, 4) is 0 Å². The molecule has 4 aromatic carbocycles. The van der Waals surface area contributed by atoms with Gasteiger partial charge in [-0.05, 0) is 45.7 Å². The van der Waals surface area contributed by atoms with Gasteiger partial charge in [0.2, 0.25) is 0 Å². The highest BCUT2D eigenvalue weighted by atomic mass is 16.1. The van der Waals surface area contributed by atoms with E-state index in [-0.39, 0.29) is 11.8 Å². The van der Waals surface area contributed by atoms with Crippen molar-refractivity contribution in [2.45, 2.75) is 17.3 Å². The fraction of sp³-hybridized carbons (Fsp3) is 0.147. The fourth-order valence-corrected chi connectivity index (χ4v) is 7.46. The van der Waals surface area contributed by atoms with Crippen LogP contribution < -0.4 is 0 Å². The van der Waals surface area contributed by atoms with Gasteiger partial charge in [-0.25, -0.2) is 0 Å². The zero-order valence-corrected chi connectivity index (χ0v) is 19.5. The normalized spacial score (nSPS) is 28.5. The molecule has 4 atom stereocenters. The average molecular weight is 451 g/mol. The van der Waals surface area contributed by atoms with Crippen molar-refractivity contribution in [3.63, 3.8) is 0 Å². The van der Waals surface area contributed by atoms with Crippen molar-refractivity contribution < 1.29 is 4.79 Å². The summed E-state index contributed by atoms with van der Waals surface area (Å²) in [7, 11) is 0. The third-order valence-electron chi connectivity index (χ3n) is 8.56. The van der Waals surface area contributed by atoms with Crippen LogP contribution in [0, 0.1) is 11.8 Å². The van der Waals surface area contributed by atoms with E-state index in [4.69, 9.17) is 0 Å². The summed E-state index contributed by atoms with van der Waals surface area (Å²) >= 11 is 0. The Morgan fingerprint density at radius 1 is 0.543 bits per heavy atom. The molecule has 2 bridgehead atoms. The number of allylic oxidation sites excluding steroid dienone is 4. The van der Waals surface area contributed by atoms with E-state index < -0.39 is 10.8 Å². The van der Waals surface area contributed by atoms with E-state index in [1.165, 1.54) is 11.1 Å². The number of Topliss-reactive ketones (excluding diaryl/α,β-unsaturated/α-hetero) is 1. The Balaban J connectivity index is 1.70. The van der Waals surface area contributed by atoms with Gasteiger partial charge in [0.15, 0.2) is 5.78 Å². The molecule has 1 nitrogen and oxygen atoms in total. The van der Waals surface area contributed by atoms with E-state index in [1.807, 2.05) is 12.1 Å². The first-order chi connectivity index (χ1) is 17.3. The molecule has 1 saturated carbocycles. The van der Waals surface area contributed by atoms with Crippen LogP contribution in [0.5, 0.6) is 0 Å². The van der Waals surface area contributed by atoms with Crippen molar-refractivity contribution in [1.82, 2.24) is 0 Å². The van der Waals surface area contributed by atoms with Crippen LogP contribution in [0.25, 0.3) is 11.1 Å². The van der Waals surface area contributed by atoms with Crippen molar-refractivity contribution in [3.05, 3.63) is 156 Å². The van der Waals surface area contributed by atoms with Crippen LogP contribution >= 0.6 is 0 Å². The Bertz CT molecular complexity index is 1470. The van der Waals surface area contributed by atoms with Crippen LogP contribution in [0.15, 0.2) is 133 Å². The molecule has 7 rings (SSSR count). The topological polar surface area (TPSA) is 17.1 Å². The number of fused-ring (bicyclic) bond motifs is 5. The van der Waals surface area contributed by atoms with Crippen LogP contribution in [-0.2, 0) is 15.6 Å². The maximum atomic E-state index is 15.3. The minimum Gasteiger partial charge on any atom is -0.297 e. The molecule has 1 fully saturated rings. The van der Waals surface area contributed by atoms with Crippen molar-refractivity contribution in [2.75, 3.05) is 0 Å². The van der Waals surface area contributed by atoms with E-state index in [0.717, 1.165) is 28.7 Å². The summed E-state index contributed by atoms with van der Waals surface area (Å²) in [5.41, 5.74) is 5.46. The minimum absolute atomic E-state index is 0.125. The molecule has 0 heterocycles. The summed E-state index contributed by atoms with van der Waals surface area (Å²) in [5, 5.41) is 0. The van der Waals surface area contributed by atoms with Gasteiger partial charge in [-0.3, -0.25) is 4.79 Å². The maximum absolute atomic E-state index is 15.3. The summed E-state index contributed by atoms with van der Waals surface area (Å²) in [6, 6.07) is 42.3. The van der Waals surface area contributed by atoms with E-state index in [2.05, 4.69) is 121 Å². The van der Waals surface area contributed by atoms with Gasteiger partial charge >= 0.3 is 0 Å². The molecule has 4 aromatic rings. The highest BCUT2D eigenvalue weighted by Gasteiger charge is 2.76. The van der Waals surface area contributed by atoms with Crippen LogP contribution in [-0.4, -0.2) is 5.78 Å². The SMILES string of the molecule is O=C1[C@]2(c3ccccc3)C(c3ccccc3)=C(c3ccccc3)[C@]1(c1ccccc1)[C@H]1CC=C[C@H]12. The Morgan fingerprint density at radius 3 is 1.49 bits per heavy atom. The number of benzene rings is 4. The lowest BCUT2D eigenvalue weighted by Crippen LogP contribution is -2.38. The van der Waals surface area contributed by atoms with Gasteiger partial charge in [0.05, 0.1) is 10.8 Å². The van der Waals surface area contributed by atoms with Gasteiger partial charge in [-0.15, -0.1) is 0 Å². The maximum Gasteiger partial charge on any atom is 0.163 e. The van der Waals surface area contributed by atoms with E-state index in [9.17, 15) is 0 Å². The zero-order chi connectivity index (χ0) is 23.5. The van der Waals surface area contributed by atoms with E-state index >= 15 is 4.79 Å². The highest BCUT2D eigenvalue weighted by Crippen LogP contribution is 2.74. The number of ketones is 1. The Morgan fingerprint density at radius 2 is 0.971 bits per heavy atom. The smallest absolute Gasteiger partial charge is 0.163 e. The molecule has 1 heteroatoms. The summed E-state index contributed by atoms with van der Waals surface area (Å²) in [5.74, 6) is 0.653. The first kappa shape index (κ1) is 20.4. The Kier molecular flexibility index (Phi) is 4.38.